The average molecular weight is 659 g/mol. The van der Waals surface area contributed by atoms with Crippen LogP contribution in [0.5, 0.6) is 0 Å². The Hall–Kier alpha value is -4.18. The summed E-state index contributed by atoms with van der Waals surface area (Å²) in [6.07, 6.45) is 3.53. The van der Waals surface area contributed by atoms with E-state index in [1.165, 1.54) is 28.0 Å². The number of benzene rings is 4. The quantitative estimate of drug-likeness (QED) is 0.133. The van der Waals surface area contributed by atoms with E-state index in [9.17, 15) is 13.2 Å². The average Bonchev–Trinajstić information content (AvgIpc) is 3.40. The van der Waals surface area contributed by atoms with Crippen LogP contribution in [0.4, 0.5) is 15.6 Å². The number of thiazole rings is 1. The SMILES string of the molecule is CS(=O)(=O)Nc1ccc(-c2nc(NC(=O)N(CCCc3ccccc3)CCC(c3ccccc3)c3ccccc3)sc2Cl)cc1. The minimum atomic E-state index is -3.39. The predicted molar refractivity (Wildman–Crippen MR) is 186 cm³/mol. The van der Waals surface area contributed by atoms with E-state index < -0.39 is 10.0 Å². The minimum absolute atomic E-state index is 0.137. The summed E-state index contributed by atoms with van der Waals surface area (Å²) in [6, 6.07) is 37.6. The lowest BCUT2D eigenvalue weighted by Gasteiger charge is -2.26. The highest BCUT2D eigenvalue weighted by Gasteiger charge is 2.21. The zero-order valence-corrected chi connectivity index (χ0v) is 27.3. The van der Waals surface area contributed by atoms with Gasteiger partial charge >= 0.3 is 6.03 Å². The van der Waals surface area contributed by atoms with Gasteiger partial charge < -0.3 is 4.90 Å². The molecule has 2 N–H and O–H groups in total. The number of aromatic nitrogens is 1. The van der Waals surface area contributed by atoms with E-state index in [0.717, 1.165) is 25.5 Å². The van der Waals surface area contributed by atoms with Gasteiger partial charge in [0.1, 0.15) is 10.0 Å². The van der Waals surface area contributed by atoms with Gasteiger partial charge in [0.25, 0.3) is 0 Å². The van der Waals surface area contributed by atoms with Crippen molar-refractivity contribution in [3.63, 3.8) is 0 Å². The molecule has 0 unspecified atom stereocenters. The maximum Gasteiger partial charge on any atom is 0.323 e. The van der Waals surface area contributed by atoms with Crippen molar-refractivity contribution in [3.05, 3.63) is 136 Å². The van der Waals surface area contributed by atoms with Crippen molar-refractivity contribution in [3.8, 4) is 11.3 Å². The van der Waals surface area contributed by atoms with Crippen LogP contribution in [0, 0.1) is 0 Å². The van der Waals surface area contributed by atoms with Crippen molar-refractivity contribution >= 4 is 49.8 Å². The lowest BCUT2D eigenvalue weighted by Crippen LogP contribution is -2.37. The number of hydrogen-bond donors (Lipinski definition) is 2. The predicted octanol–water partition coefficient (Wildman–Crippen LogP) is 8.52. The summed E-state index contributed by atoms with van der Waals surface area (Å²) in [5.41, 5.74) is 5.33. The van der Waals surface area contributed by atoms with Crippen LogP contribution in [0.25, 0.3) is 11.3 Å². The molecule has 1 heterocycles. The first-order chi connectivity index (χ1) is 21.7. The molecule has 0 bridgehead atoms. The van der Waals surface area contributed by atoms with Gasteiger partial charge in [0.2, 0.25) is 10.0 Å². The molecule has 45 heavy (non-hydrogen) atoms. The fourth-order valence-electron chi connectivity index (χ4n) is 5.23. The molecule has 0 spiro atoms. The first-order valence-electron chi connectivity index (χ1n) is 14.7. The number of carbonyl (C=O) groups excluding carboxylic acids is 1. The van der Waals surface area contributed by atoms with Gasteiger partial charge in [-0.15, -0.1) is 0 Å². The maximum absolute atomic E-state index is 13.7. The summed E-state index contributed by atoms with van der Waals surface area (Å²) in [6.45, 7) is 1.13. The summed E-state index contributed by atoms with van der Waals surface area (Å²) >= 11 is 7.75. The Morgan fingerprint density at radius 3 is 2.00 bits per heavy atom. The summed E-state index contributed by atoms with van der Waals surface area (Å²) in [5.74, 6) is 0.137. The number of sulfonamides is 1. The molecule has 2 amide bonds. The van der Waals surface area contributed by atoms with Crippen LogP contribution in [0.3, 0.4) is 0 Å². The van der Waals surface area contributed by atoms with Crippen molar-refractivity contribution in [2.75, 3.05) is 29.4 Å². The molecule has 0 fully saturated rings. The van der Waals surface area contributed by atoms with E-state index >= 15 is 0 Å². The summed E-state index contributed by atoms with van der Waals surface area (Å²) in [5, 5.41) is 3.38. The van der Waals surface area contributed by atoms with Gasteiger partial charge in [-0.3, -0.25) is 10.0 Å². The largest absolute Gasteiger partial charge is 0.324 e. The molecule has 5 aromatic rings. The molecule has 232 valence electrons. The fraction of sp³-hybridized carbons (Fsp3) is 0.200. The van der Waals surface area contributed by atoms with E-state index in [4.69, 9.17) is 11.6 Å². The number of hydrogen-bond acceptors (Lipinski definition) is 5. The number of urea groups is 1. The molecule has 0 aliphatic heterocycles. The van der Waals surface area contributed by atoms with Crippen molar-refractivity contribution in [2.45, 2.75) is 25.2 Å². The molecule has 0 atom stereocenters. The van der Waals surface area contributed by atoms with Crippen LogP contribution in [0.1, 0.15) is 35.4 Å². The molecule has 0 aliphatic rings. The van der Waals surface area contributed by atoms with Gasteiger partial charge in [0.05, 0.1) is 6.26 Å². The van der Waals surface area contributed by atoms with Gasteiger partial charge in [-0.1, -0.05) is 126 Å². The number of anilines is 2. The van der Waals surface area contributed by atoms with Crippen LogP contribution >= 0.6 is 22.9 Å². The summed E-state index contributed by atoms with van der Waals surface area (Å²) in [7, 11) is -3.39. The third-order valence-corrected chi connectivity index (χ3v) is 9.15. The molecule has 0 saturated carbocycles. The summed E-state index contributed by atoms with van der Waals surface area (Å²) in [4.78, 5) is 20.2. The standard InChI is InChI=1S/C35H35ClN4O3S2/c1-45(42,43)39-30-21-19-29(20-22-30)32-33(36)44-34(37-32)38-35(41)40(24-11-14-26-12-5-2-6-13-26)25-23-31(27-15-7-3-8-16-27)28-17-9-4-10-18-28/h2-10,12-13,15-22,31,39H,11,14,23-25H2,1H3,(H,37,38,41). The smallest absolute Gasteiger partial charge is 0.323 e. The topological polar surface area (TPSA) is 91.4 Å². The Labute approximate surface area is 274 Å². The monoisotopic (exact) mass is 658 g/mol. The Balaban J connectivity index is 1.32. The van der Waals surface area contributed by atoms with Gasteiger partial charge in [0.15, 0.2) is 5.13 Å². The lowest BCUT2D eigenvalue weighted by molar-refractivity contribution is 0.209. The van der Waals surface area contributed by atoms with Gasteiger partial charge in [-0.05, 0) is 48.1 Å². The second-order valence-corrected chi connectivity index (χ2v) is 14.1. The van der Waals surface area contributed by atoms with Crippen LogP contribution < -0.4 is 10.0 Å². The molecule has 7 nitrogen and oxygen atoms in total. The van der Waals surface area contributed by atoms with Crippen LogP contribution in [0.2, 0.25) is 4.34 Å². The molecular weight excluding hydrogens is 624 g/mol. The lowest BCUT2D eigenvalue weighted by atomic mass is 9.88. The number of nitrogens with zero attached hydrogens (tertiary/aromatic N) is 2. The molecule has 0 aliphatic carbocycles. The molecular formula is C35H35ClN4O3S2. The normalized spacial score (nSPS) is 11.4. The molecule has 0 radical (unpaired) electrons. The van der Waals surface area contributed by atoms with Crippen LogP contribution in [-0.2, 0) is 16.4 Å². The molecule has 4 aromatic carbocycles. The van der Waals surface area contributed by atoms with Crippen molar-refractivity contribution < 1.29 is 13.2 Å². The Morgan fingerprint density at radius 1 is 0.844 bits per heavy atom. The molecule has 5 rings (SSSR count). The van der Waals surface area contributed by atoms with E-state index in [1.54, 1.807) is 24.3 Å². The van der Waals surface area contributed by atoms with Crippen molar-refractivity contribution in [1.29, 1.82) is 0 Å². The van der Waals surface area contributed by atoms with Crippen molar-refractivity contribution in [2.24, 2.45) is 0 Å². The van der Waals surface area contributed by atoms with Crippen LogP contribution in [-0.4, -0.2) is 43.7 Å². The number of nitrogens with one attached hydrogen (secondary N) is 2. The van der Waals surface area contributed by atoms with Gasteiger partial charge in [-0.2, -0.15) is 0 Å². The number of carbonyl (C=O) groups is 1. The van der Waals surface area contributed by atoms with E-state index in [-0.39, 0.29) is 11.9 Å². The third-order valence-electron chi connectivity index (χ3n) is 7.38. The highest BCUT2D eigenvalue weighted by Crippen LogP contribution is 2.36. The number of aryl methyl sites for hydroxylation is 1. The molecule has 10 heteroatoms. The highest BCUT2D eigenvalue weighted by atomic mass is 35.5. The Kier molecular flexibility index (Phi) is 10.9. The third kappa shape index (κ3) is 9.41. The van der Waals surface area contributed by atoms with Crippen molar-refractivity contribution in [1.82, 2.24) is 9.88 Å². The number of amides is 2. The number of rotatable bonds is 13. The molecule has 1 aromatic heterocycles. The minimum Gasteiger partial charge on any atom is -0.324 e. The summed E-state index contributed by atoms with van der Waals surface area (Å²) < 4.78 is 26.0. The Bertz CT molecular complexity index is 1740. The second kappa shape index (κ2) is 15.2. The maximum atomic E-state index is 13.7. The highest BCUT2D eigenvalue weighted by molar-refractivity contribution is 7.92. The zero-order valence-electron chi connectivity index (χ0n) is 24.9. The van der Waals surface area contributed by atoms with Gasteiger partial charge in [0, 0.05) is 30.3 Å². The van der Waals surface area contributed by atoms with E-state index in [2.05, 4.69) is 75.7 Å². The molecule has 0 saturated heterocycles. The number of halogens is 1. The van der Waals surface area contributed by atoms with E-state index in [0.29, 0.717) is 39.5 Å². The Morgan fingerprint density at radius 2 is 1.42 bits per heavy atom. The first-order valence-corrected chi connectivity index (χ1v) is 17.8. The second-order valence-electron chi connectivity index (χ2n) is 10.8. The van der Waals surface area contributed by atoms with E-state index in [1.807, 2.05) is 35.2 Å². The van der Waals surface area contributed by atoms with Gasteiger partial charge in [-0.25, -0.2) is 18.2 Å². The fourth-order valence-corrected chi connectivity index (χ4v) is 6.87. The first kappa shape index (κ1) is 32.2. The zero-order chi connectivity index (χ0) is 31.6. The van der Waals surface area contributed by atoms with Crippen LogP contribution in [0.15, 0.2) is 115 Å².